The maximum atomic E-state index is 2.59. The molecule has 5 rings (SSSR count). The third-order valence-electron chi connectivity index (χ3n) is 6.25. The fraction of sp³-hybridized carbons (Fsp3) is 0.0667. The molecular weight excluding hydrogens is 568 g/mol. The predicted molar refractivity (Wildman–Crippen MR) is 137 cm³/mol. The van der Waals surface area contributed by atoms with E-state index in [1.54, 1.807) is 6.26 Å². The van der Waals surface area contributed by atoms with Crippen LogP contribution in [0.5, 0.6) is 0 Å². The molecule has 1 aliphatic heterocycles. The van der Waals surface area contributed by atoms with E-state index in [1.807, 2.05) is 0 Å². The first-order valence-electron chi connectivity index (χ1n) is 10.9. The van der Waals surface area contributed by atoms with Crippen LogP contribution in [-0.4, -0.2) is 21.2 Å². The predicted octanol–water partition coefficient (Wildman–Crippen LogP) is 8.01. The van der Waals surface area contributed by atoms with E-state index in [-0.39, 0.29) is 0 Å². The molecular formula is C30H26Pb. The van der Waals surface area contributed by atoms with Crippen molar-refractivity contribution in [1.29, 1.82) is 0 Å². The molecule has 0 N–H and O–H groups in total. The molecule has 4 aromatic carbocycles. The van der Waals surface area contributed by atoms with Crippen molar-refractivity contribution < 1.29 is 0 Å². The van der Waals surface area contributed by atoms with Crippen molar-refractivity contribution in [3.63, 3.8) is 0 Å². The van der Waals surface area contributed by atoms with Crippen LogP contribution in [0.2, 0.25) is 8.97 Å². The van der Waals surface area contributed by atoms with Crippen LogP contribution in [0, 0.1) is 0 Å². The van der Waals surface area contributed by atoms with Crippen molar-refractivity contribution in [3.05, 3.63) is 144 Å². The Morgan fingerprint density at radius 3 is 0.903 bits per heavy atom. The molecule has 0 aliphatic carbocycles. The first kappa shape index (κ1) is 20.2. The first-order valence-corrected chi connectivity index (χ1v) is 22.6. The van der Waals surface area contributed by atoms with Crippen LogP contribution in [0.4, 0.5) is 0 Å². The van der Waals surface area contributed by atoms with Gasteiger partial charge in [0.1, 0.15) is 0 Å². The van der Waals surface area contributed by atoms with E-state index in [1.165, 1.54) is 33.4 Å². The third kappa shape index (κ3) is 3.63. The number of hydrogen-bond acceptors (Lipinski definition) is 0. The van der Waals surface area contributed by atoms with Gasteiger partial charge in [-0.05, 0) is 0 Å². The standard InChI is InChI=1S/C28H20.2CH3.Pb/c1-5-13-23(14-6-1)21-27(25-17-9-3-10-18-25)28(26-19-11-4-12-20-26)22-24-15-7-2-8-16-24;;;/h1-20H;2*1H3;. The quantitative estimate of drug-likeness (QED) is 0.210. The summed E-state index contributed by atoms with van der Waals surface area (Å²) in [5.41, 5.74) is 8.27. The van der Waals surface area contributed by atoms with Gasteiger partial charge < -0.3 is 0 Å². The number of rotatable bonds is 4. The Bertz CT molecular complexity index is 1150. The van der Waals surface area contributed by atoms with E-state index < -0.39 is 21.2 Å². The summed E-state index contributed by atoms with van der Waals surface area (Å²) in [6.45, 7) is 0. The van der Waals surface area contributed by atoms with E-state index in [0.29, 0.717) is 0 Å². The Morgan fingerprint density at radius 1 is 0.355 bits per heavy atom. The number of hydrogen-bond donors (Lipinski definition) is 0. The first-order chi connectivity index (χ1) is 15.2. The van der Waals surface area contributed by atoms with Crippen LogP contribution in [0.3, 0.4) is 0 Å². The average molecular weight is 594 g/mol. The summed E-state index contributed by atoms with van der Waals surface area (Å²) in [5.74, 6) is 0. The molecule has 0 atom stereocenters. The van der Waals surface area contributed by atoms with Crippen LogP contribution < -0.4 is 0 Å². The van der Waals surface area contributed by atoms with Crippen molar-refractivity contribution >= 4 is 38.6 Å². The van der Waals surface area contributed by atoms with Gasteiger partial charge in [0, 0.05) is 0 Å². The van der Waals surface area contributed by atoms with E-state index in [0.717, 1.165) is 0 Å². The van der Waals surface area contributed by atoms with Gasteiger partial charge in [-0.25, -0.2) is 0 Å². The summed E-state index contributed by atoms with van der Waals surface area (Å²) in [7, 11) is 0. The van der Waals surface area contributed by atoms with Gasteiger partial charge in [-0.15, -0.1) is 0 Å². The summed E-state index contributed by atoms with van der Waals surface area (Å²) in [6, 6.07) is 44.2. The fourth-order valence-electron chi connectivity index (χ4n) is 5.01. The Kier molecular flexibility index (Phi) is 5.49. The van der Waals surface area contributed by atoms with Gasteiger partial charge in [-0.2, -0.15) is 0 Å². The summed E-state index contributed by atoms with van der Waals surface area (Å²) < 4.78 is 8.40. The van der Waals surface area contributed by atoms with Gasteiger partial charge in [0.25, 0.3) is 0 Å². The Morgan fingerprint density at radius 2 is 0.613 bits per heavy atom. The molecule has 1 heterocycles. The molecule has 0 aromatic heterocycles. The molecule has 150 valence electrons. The SMILES string of the molecule is [CH3][Pb]1([CH3])[C](c2ccccc2)=C(c2ccccc2)C(c2ccccc2)=[C]1c1ccccc1. The average Bonchev–Trinajstić information content (AvgIpc) is 3.08. The zero-order chi connectivity index (χ0) is 21.3. The molecule has 31 heavy (non-hydrogen) atoms. The Labute approximate surface area is 190 Å². The van der Waals surface area contributed by atoms with Crippen LogP contribution in [0.1, 0.15) is 22.3 Å². The van der Waals surface area contributed by atoms with Crippen molar-refractivity contribution in [2.45, 2.75) is 8.97 Å². The minimum absolute atomic E-state index is 1.32. The summed E-state index contributed by atoms with van der Waals surface area (Å²) in [4.78, 5) is 0. The topological polar surface area (TPSA) is 0 Å². The van der Waals surface area contributed by atoms with E-state index in [4.69, 9.17) is 0 Å². The van der Waals surface area contributed by atoms with Gasteiger partial charge in [0.15, 0.2) is 0 Å². The van der Waals surface area contributed by atoms with Gasteiger partial charge in [-0.1, -0.05) is 0 Å². The molecule has 0 bridgehead atoms. The molecule has 0 saturated carbocycles. The summed E-state index contributed by atoms with van der Waals surface area (Å²) in [6.07, 6.45) is 0. The molecule has 0 unspecified atom stereocenters. The van der Waals surface area contributed by atoms with Gasteiger partial charge in [0.05, 0.1) is 0 Å². The van der Waals surface area contributed by atoms with Crippen molar-refractivity contribution in [1.82, 2.24) is 0 Å². The number of benzene rings is 4. The van der Waals surface area contributed by atoms with Crippen molar-refractivity contribution in [2.24, 2.45) is 0 Å². The van der Waals surface area contributed by atoms with Crippen molar-refractivity contribution in [3.8, 4) is 0 Å². The monoisotopic (exact) mass is 594 g/mol. The molecule has 1 aliphatic rings. The van der Waals surface area contributed by atoms with Gasteiger partial charge >= 0.3 is 191 Å². The molecule has 1 heteroatoms. The fourth-order valence-corrected chi connectivity index (χ4v) is 19.8. The second-order valence-corrected chi connectivity index (χ2v) is 25.1. The van der Waals surface area contributed by atoms with Gasteiger partial charge in [-0.3, -0.25) is 0 Å². The van der Waals surface area contributed by atoms with E-state index in [2.05, 4.69) is 130 Å². The van der Waals surface area contributed by atoms with Crippen LogP contribution in [0.25, 0.3) is 17.4 Å². The zero-order valence-corrected chi connectivity index (χ0v) is 21.9. The van der Waals surface area contributed by atoms with Gasteiger partial charge in [0.2, 0.25) is 0 Å². The molecule has 4 aromatic rings. The second kappa shape index (κ2) is 8.43. The van der Waals surface area contributed by atoms with E-state index >= 15 is 0 Å². The molecule has 0 radical (unpaired) electrons. The summed E-state index contributed by atoms with van der Waals surface area (Å²) in [5, 5.41) is 0. The van der Waals surface area contributed by atoms with Crippen LogP contribution >= 0.6 is 0 Å². The van der Waals surface area contributed by atoms with E-state index in [9.17, 15) is 0 Å². The summed E-state index contributed by atoms with van der Waals surface area (Å²) >= 11 is -3.13. The van der Waals surface area contributed by atoms with Crippen LogP contribution in [0.15, 0.2) is 121 Å². The third-order valence-corrected chi connectivity index (χ3v) is 20.2. The minimum atomic E-state index is -3.13. The molecule has 0 amide bonds. The molecule has 0 saturated heterocycles. The number of allylic oxidation sites excluding steroid dienone is 2. The van der Waals surface area contributed by atoms with Crippen LogP contribution in [-0.2, 0) is 0 Å². The molecule has 0 nitrogen and oxygen atoms in total. The second-order valence-electron chi connectivity index (χ2n) is 8.59. The molecule has 0 spiro atoms. The normalized spacial score (nSPS) is 15.4. The Hall–Kier alpha value is -2.72. The molecule has 0 fully saturated rings. The maximum absolute atomic E-state index is 3.13. The zero-order valence-electron chi connectivity index (χ0n) is 18.0. The Balaban J connectivity index is 1.92. The van der Waals surface area contributed by atoms with Crippen molar-refractivity contribution in [2.75, 3.05) is 0 Å².